The van der Waals surface area contributed by atoms with Crippen molar-refractivity contribution in [1.82, 2.24) is 14.8 Å². The molecule has 4 nitrogen and oxygen atoms in total. The van der Waals surface area contributed by atoms with Gasteiger partial charge in [-0.1, -0.05) is 57.2 Å². The first-order chi connectivity index (χ1) is 8.25. The van der Waals surface area contributed by atoms with Gasteiger partial charge in [0.15, 0.2) is 5.16 Å². The molecule has 0 amide bonds. The third-order valence-corrected chi connectivity index (χ3v) is 3.95. The van der Waals surface area contributed by atoms with Gasteiger partial charge in [0.25, 0.3) is 0 Å². The zero-order valence-electron chi connectivity index (χ0n) is 11.0. The van der Waals surface area contributed by atoms with Crippen LogP contribution in [-0.4, -0.2) is 20.5 Å². The summed E-state index contributed by atoms with van der Waals surface area (Å²) in [5.41, 5.74) is 5.62. The van der Waals surface area contributed by atoms with Gasteiger partial charge in [0, 0.05) is 12.8 Å². The van der Waals surface area contributed by atoms with Crippen molar-refractivity contribution in [3.05, 3.63) is 0 Å². The molecule has 0 bridgehead atoms. The van der Waals surface area contributed by atoms with Crippen molar-refractivity contribution in [2.75, 3.05) is 11.5 Å². The van der Waals surface area contributed by atoms with Crippen LogP contribution in [0.2, 0.25) is 0 Å². The summed E-state index contributed by atoms with van der Waals surface area (Å²) in [6.07, 6.45) is 9.42. The molecule has 0 spiro atoms. The van der Waals surface area contributed by atoms with Gasteiger partial charge >= 0.3 is 0 Å². The third kappa shape index (κ3) is 5.44. The van der Waals surface area contributed by atoms with Gasteiger partial charge in [-0.2, -0.15) is 0 Å². The summed E-state index contributed by atoms with van der Waals surface area (Å²) in [4.78, 5) is 0. The highest BCUT2D eigenvalue weighted by atomic mass is 32.2. The van der Waals surface area contributed by atoms with Gasteiger partial charge in [0.1, 0.15) is 0 Å². The molecular weight excluding hydrogens is 232 g/mol. The first kappa shape index (κ1) is 14.4. The second-order valence-corrected chi connectivity index (χ2v) is 5.43. The molecule has 0 radical (unpaired) electrons. The summed E-state index contributed by atoms with van der Waals surface area (Å²) in [6.45, 7) is 2.25. The number of rotatable bonds is 9. The quantitative estimate of drug-likeness (QED) is 0.544. The van der Waals surface area contributed by atoms with Crippen LogP contribution in [0.3, 0.4) is 0 Å². The first-order valence-electron chi connectivity index (χ1n) is 6.53. The van der Waals surface area contributed by atoms with E-state index in [1.54, 1.807) is 11.8 Å². The number of anilines is 1. The van der Waals surface area contributed by atoms with Gasteiger partial charge in [0.2, 0.25) is 5.95 Å². The topological polar surface area (TPSA) is 56.7 Å². The molecule has 0 aliphatic heterocycles. The third-order valence-electron chi connectivity index (χ3n) is 2.85. The highest BCUT2D eigenvalue weighted by Crippen LogP contribution is 2.18. The van der Waals surface area contributed by atoms with E-state index >= 15 is 0 Å². The molecule has 1 aromatic heterocycles. The fourth-order valence-electron chi connectivity index (χ4n) is 1.67. The Morgan fingerprint density at radius 3 is 2.29 bits per heavy atom. The molecule has 0 atom stereocenters. The molecule has 2 N–H and O–H groups in total. The highest BCUT2D eigenvalue weighted by molar-refractivity contribution is 7.99. The molecule has 0 saturated carbocycles. The van der Waals surface area contributed by atoms with Crippen LogP contribution in [0, 0.1) is 0 Å². The van der Waals surface area contributed by atoms with Crippen LogP contribution in [0.4, 0.5) is 5.95 Å². The maximum atomic E-state index is 5.62. The number of unbranched alkanes of at least 4 members (excludes halogenated alkanes) is 6. The maximum Gasteiger partial charge on any atom is 0.222 e. The molecule has 0 aromatic carbocycles. The maximum absolute atomic E-state index is 5.62. The zero-order valence-corrected chi connectivity index (χ0v) is 11.8. The molecular formula is C12H24N4S. The standard InChI is InChI=1S/C12H24N4S/c1-3-4-5-6-7-8-9-10-17-12-15-14-11(13)16(12)2/h3-10H2,1-2H3,(H2,13,14). The minimum atomic E-state index is 0.493. The smallest absolute Gasteiger partial charge is 0.222 e. The number of aromatic nitrogens is 3. The summed E-state index contributed by atoms with van der Waals surface area (Å²) >= 11 is 1.75. The minimum Gasteiger partial charge on any atom is -0.368 e. The summed E-state index contributed by atoms with van der Waals surface area (Å²) in [5, 5.41) is 8.78. The Balaban J connectivity index is 1.99. The number of thioether (sulfide) groups is 1. The largest absolute Gasteiger partial charge is 0.368 e. The number of nitrogens with zero attached hydrogens (tertiary/aromatic N) is 3. The van der Waals surface area contributed by atoms with Crippen LogP contribution in [0.15, 0.2) is 5.16 Å². The van der Waals surface area contributed by atoms with Gasteiger partial charge in [-0.3, -0.25) is 4.57 Å². The minimum absolute atomic E-state index is 0.493. The lowest BCUT2D eigenvalue weighted by molar-refractivity contribution is 0.603. The van der Waals surface area contributed by atoms with E-state index in [-0.39, 0.29) is 0 Å². The molecule has 98 valence electrons. The summed E-state index contributed by atoms with van der Waals surface area (Å²) in [6, 6.07) is 0. The Bertz CT molecular complexity index is 311. The van der Waals surface area contributed by atoms with Crippen molar-refractivity contribution in [2.45, 2.75) is 57.0 Å². The van der Waals surface area contributed by atoms with E-state index in [4.69, 9.17) is 5.73 Å². The van der Waals surface area contributed by atoms with Crippen molar-refractivity contribution >= 4 is 17.7 Å². The first-order valence-corrected chi connectivity index (χ1v) is 7.52. The SMILES string of the molecule is CCCCCCCCCSc1nnc(N)n1C. The van der Waals surface area contributed by atoms with E-state index in [1.807, 2.05) is 11.6 Å². The van der Waals surface area contributed by atoms with Crippen LogP contribution in [-0.2, 0) is 7.05 Å². The van der Waals surface area contributed by atoms with Gasteiger partial charge < -0.3 is 5.73 Å². The Morgan fingerprint density at radius 2 is 1.71 bits per heavy atom. The van der Waals surface area contributed by atoms with Gasteiger partial charge in [0.05, 0.1) is 0 Å². The van der Waals surface area contributed by atoms with Gasteiger partial charge in [-0.05, 0) is 6.42 Å². The Kier molecular flexibility index (Phi) is 7.08. The Hall–Kier alpha value is -0.710. The fourth-order valence-corrected chi connectivity index (χ4v) is 2.59. The molecule has 1 rings (SSSR count). The van der Waals surface area contributed by atoms with E-state index in [9.17, 15) is 0 Å². The zero-order chi connectivity index (χ0) is 12.5. The van der Waals surface area contributed by atoms with Crippen molar-refractivity contribution in [3.8, 4) is 0 Å². The van der Waals surface area contributed by atoms with Crippen molar-refractivity contribution in [1.29, 1.82) is 0 Å². The fraction of sp³-hybridized carbons (Fsp3) is 0.833. The van der Waals surface area contributed by atoms with Crippen molar-refractivity contribution in [2.24, 2.45) is 7.05 Å². The monoisotopic (exact) mass is 256 g/mol. The molecule has 0 aliphatic rings. The molecule has 0 fully saturated rings. The van der Waals surface area contributed by atoms with Crippen molar-refractivity contribution in [3.63, 3.8) is 0 Å². The molecule has 1 aromatic rings. The lowest BCUT2D eigenvalue weighted by atomic mass is 10.1. The second-order valence-electron chi connectivity index (χ2n) is 4.37. The number of nitrogens with two attached hydrogens (primary N) is 1. The Morgan fingerprint density at radius 1 is 1.06 bits per heavy atom. The lowest BCUT2D eigenvalue weighted by Crippen LogP contribution is -1.98. The molecule has 17 heavy (non-hydrogen) atoms. The molecule has 0 aliphatic carbocycles. The lowest BCUT2D eigenvalue weighted by Gasteiger charge is -2.02. The van der Waals surface area contributed by atoms with Crippen LogP contribution in [0.1, 0.15) is 51.9 Å². The Labute approximate surface area is 108 Å². The normalized spacial score (nSPS) is 10.9. The van der Waals surface area contributed by atoms with Gasteiger partial charge in [-0.15, -0.1) is 10.2 Å². The predicted octanol–water partition coefficient (Wildman–Crippen LogP) is 3.24. The summed E-state index contributed by atoms with van der Waals surface area (Å²) < 4.78 is 1.84. The highest BCUT2D eigenvalue weighted by Gasteiger charge is 2.04. The average molecular weight is 256 g/mol. The van der Waals surface area contributed by atoms with E-state index in [1.165, 1.54) is 44.9 Å². The molecule has 1 heterocycles. The van der Waals surface area contributed by atoms with Crippen molar-refractivity contribution < 1.29 is 0 Å². The number of hydrogen-bond donors (Lipinski definition) is 1. The van der Waals surface area contributed by atoms with Crippen LogP contribution < -0.4 is 5.73 Å². The summed E-state index contributed by atoms with van der Waals surface area (Å²) in [5.74, 6) is 1.60. The van der Waals surface area contributed by atoms with Crippen LogP contribution >= 0.6 is 11.8 Å². The molecule has 0 saturated heterocycles. The molecule has 5 heteroatoms. The molecule has 0 unspecified atom stereocenters. The predicted molar refractivity (Wildman–Crippen MR) is 74.1 cm³/mol. The van der Waals surface area contributed by atoms with Crippen LogP contribution in [0.5, 0.6) is 0 Å². The van der Waals surface area contributed by atoms with E-state index < -0.39 is 0 Å². The van der Waals surface area contributed by atoms with E-state index in [2.05, 4.69) is 17.1 Å². The number of hydrogen-bond acceptors (Lipinski definition) is 4. The summed E-state index contributed by atoms with van der Waals surface area (Å²) in [7, 11) is 1.91. The van der Waals surface area contributed by atoms with Gasteiger partial charge in [-0.25, -0.2) is 0 Å². The van der Waals surface area contributed by atoms with Crippen LogP contribution in [0.25, 0.3) is 0 Å². The van der Waals surface area contributed by atoms with E-state index in [0.717, 1.165) is 10.9 Å². The number of nitrogen functional groups attached to an aromatic ring is 1. The van der Waals surface area contributed by atoms with E-state index in [0.29, 0.717) is 5.95 Å². The second kappa shape index (κ2) is 8.39. The average Bonchev–Trinajstić information content (AvgIpc) is 2.64.